The number of carbonyl (C=O) groups excluding carboxylic acids is 2. The van der Waals surface area contributed by atoms with Crippen molar-refractivity contribution < 1.29 is 24.5 Å². The standard InChI is InChI=1S/C61H119NO5/c1-3-5-7-9-11-13-15-17-19-21-22-23-24-25-26-27-28-30-33-37-41-45-49-53-59(64)58(57-63)62-60(65)54-50-46-42-38-34-32-36-40-44-48-52-56-67-61(66)55-51-47-43-39-35-31-29-20-18-16-14-12-10-8-6-4-2/h36,40,58-59,63-64H,3-35,37-39,41-57H2,1-2H3,(H,62,65)/b40-36-. The molecule has 398 valence electrons. The van der Waals surface area contributed by atoms with Crippen LogP contribution in [0.4, 0.5) is 0 Å². The molecule has 0 heterocycles. The van der Waals surface area contributed by atoms with Crippen LogP contribution in [0.15, 0.2) is 12.2 Å². The summed E-state index contributed by atoms with van der Waals surface area (Å²) in [5, 5.41) is 23.3. The van der Waals surface area contributed by atoms with Crippen LogP contribution in [0, 0.1) is 0 Å². The maximum atomic E-state index is 12.5. The topological polar surface area (TPSA) is 95.9 Å². The van der Waals surface area contributed by atoms with Crippen LogP contribution < -0.4 is 5.32 Å². The number of rotatable bonds is 57. The van der Waals surface area contributed by atoms with Crippen molar-refractivity contribution in [3.8, 4) is 0 Å². The molecule has 0 aromatic carbocycles. The quantitative estimate of drug-likeness (QED) is 0.0321. The Morgan fingerprint density at radius 2 is 0.701 bits per heavy atom. The molecule has 0 rings (SSSR count). The van der Waals surface area contributed by atoms with Crippen LogP contribution in [0.3, 0.4) is 0 Å². The van der Waals surface area contributed by atoms with E-state index < -0.39 is 12.1 Å². The first-order valence-electron chi connectivity index (χ1n) is 30.4. The van der Waals surface area contributed by atoms with Gasteiger partial charge in [0.2, 0.25) is 5.91 Å². The van der Waals surface area contributed by atoms with Gasteiger partial charge in [0.1, 0.15) is 0 Å². The van der Waals surface area contributed by atoms with Crippen molar-refractivity contribution in [3.63, 3.8) is 0 Å². The number of carbonyl (C=O) groups is 2. The lowest BCUT2D eigenvalue weighted by Gasteiger charge is -2.22. The Morgan fingerprint density at radius 1 is 0.403 bits per heavy atom. The maximum Gasteiger partial charge on any atom is 0.305 e. The average Bonchev–Trinajstić information content (AvgIpc) is 3.33. The van der Waals surface area contributed by atoms with Crippen molar-refractivity contribution in [2.45, 2.75) is 353 Å². The zero-order valence-corrected chi connectivity index (χ0v) is 45.4. The highest BCUT2D eigenvalue weighted by atomic mass is 16.5. The molecule has 2 unspecified atom stereocenters. The fourth-order valence-electron chi connectivity index (χ4n) is 9.64. The number of esters is 1. The molecular formula is C61H119NO5. The van der Waals surface area contributed by atoms with Gasteiger partial charge in [0.05, 0.1) is 25.4 Å². The van der Waals surface area contributed by atoms with Gasteiger partial charge >= 0.3 is 5.97 Å². The molecule has 0 radical (unpaired) electrons. The summed E-state index contributed by atoms with van der Waals surface area (Å²) in [6.07, 6.45) is 67.9. The van der Waals surface area contributed by atoms with Gasteiger partial charge < -0.3 is 20.3 Å². The minimum Gasteiger partial charge on any atom is -0.466 e. The van der Waals surface area contributed by atoms with Crippen LogP contribution >= 0.6 is 0 Å². The average molecular weight is 947 g/mol. The molecule has 0 saturated heterocycles. The van der Waals surface area contributed by atoms with Crippen LogP contribution in [0.2, 0.25) is 0 Å². The van der Waals surface area contributed by atoms with E-state index in [0.29, 0.717) is 25.9 Å². The summed E-state index contributed by atoms with van der Waals surface area (Å²) in [4.78, 5) is 24.6. The van der Waals surface area contributed by atoms with E-state index in [1.165, 1.54) is 231 Å². The van der Waals surface area contributed by atoms with Gasteiger partial charge in [-0.05, 0) is 51.4 Å². The Hall–Kier alpha value is -1.40. The molecule has 0 aliphatic rings. The molecule has 0 aromatic rings. The van der Waals surface area contributed by atoms with Gasteiger partial charge in [0.15, 0.2) is 0 Å². The molecule has 1 amide bonds. The Balaban J connectivity index is 3.47. The van der Waals surface area contributed by atoms with Crippen molar-refractivity contribution in [3.05, 3.63) is 12.2 Å². The highest BCUT2D eigenvalue weighted by Crippen LogP contribution is 2.18. The van der Waals surface area contributed by atoms with Crippen LogP contribution in [0.5, 0.6) is 0 Å². The third kappa shape index (κ3) is 53.8. The molecule has 2 atom stereocenters. The van der Waals surface area contributed by atoms with E-state index in [1.807, 2.05) is 0 Å². The first-order valence-corrected chi connectivity index (χ1v) is 30.4. The summed E-state index contributed by atoms with van der Waals surface area (Å²) in [6, 6.07) is -0.563. The lowest BCUT2D eigenvalue weighted by atomic mass is 10.0. The normalized spacial score (nSPS) is 12.6. The van der Waals surface area contributed by atoms with Gasteiger partial charge in [-0.25, -0.2) is 0 Å². The number of allylic oxidation sites excluding steroid dienone is 2. The molecule has 0 fully saturated rings. The van der Waals surface area contributed by atoms with Crippen LogP contribution in [-0.4, -0.2) is 47.4 Å². The number of ether oxygens (including phenoxy) is 1. The lowest BCUT2D eigenvalue weighted by Crippen LogP contribution is -2.45. The van der Waals surface area contributed by atoms with Crippen LogP contribution in [-0.2, 0) is 14.3 Å². The maximum absolute atomic E-state index is 12.5. The fraction of sp³-hybridized carbons (Fsp3) is 0.934. The highest BCUT2D eigenvalue weighted by Gasteiger charge is 2.20. The van der Waals surface area contributed by atoms with Gasteiger partial charge in [-0.2, -0.15) is 0 Å². The third-order valence-corrected chi connectivity index (χ3v) is 14.3. The van der Waals surface area contributed by atoms with Crippen molar-refractivity contribution in [1.29, 1.82) is 0 Å². The SMILES string of the molecule is CCCCCCCCCCCCCCCCCCCCCCCCCC(O)C(CO)NC(=O)CCCCCCC/C=C\CCCCOC(=O)CCCCCCCCCCCCCCCCCC. The summed E-state index contributed by atoms with van der Waals surface area (Å²) < 4.78 is 5.46. The number of aliphatic hydroxyl groups excluding tert-OH is 2. The number of nitrogens with one attached hydrogen (secondary N) is 1. The minimum absolute atomic E-state index is 0.0264. The zero-order chi connectivity index (χ0) is 48.6. The minimum atomic E-state index is -0.683. The van der Waals surface area contributed by atoms with Crippen molar-refractivity contribution >= 4 is 11.9 Å². The van der Waals surface area contributed by atoms with Crippen LogP contribution in [0.25, 0.3) is 0 Å². The molecule has 0 aliphatic heterocycles. The molecule has 3 N–H and O–H groups in total. The smallest absolute Gasteiger partial charge is 0.305 e. The van der Waals surface area contributed by atoms with E-state index >= 15 is 0 Å². The van der Waals surface area contributed by atoms with Crippen molar-refractivity contribution in [1.82, 2.24) is 5.32 Å². The van der Waals surface area contributed by atoms with E-state index in [9.17, 15) is 19.8 Å². The largest absolute Gasteiger partial charge is 0.466 e. The summed E-state index contributed by atoms with van der Waals surface area (Å²) in [5.41, 5.74) is 0. The molecule has 67 heavy (non-hydrogen) atoms. The Bertz CT molecular complexity index is 1000. The third-order valence-electron chi connectivity index (χ3n) is 14.3. The lowest BCUT2D eigenvalue weighted by molar-refractivity contribution is -0.143. The summed E-state index contributed by atoms with van der Waals surface area (Å²) in [6.45, 7) is 4.91. The molecule has 0 aromatic heterocycles. The summed E-state index contributed by atoms with van der Waals surface area (Å²) in [7, 11) is 0. The number of hydrogen-bond donors (Lipinski definition) is 3. The number of aliphatic hydroxyl groups is 2. The number of amides is 1. The first-order chi connectivity index (χ1) is 33.0. The van der Waals surface area contributed by atoms with Gasteiger partial charge in [-0.1, -0.05) is 289 Å². The fourth-order valence-corrected chi connectivity index (χ4v) is 9.64. The predicted molar refractivity (Wildman–Crippen MR) is 292 cm³/mol. The van der Waals surface area contributed by atoms with Gasteiger partial charge in [-0.3, -0.25) is 9.59 Å². The zero-order valence-electron chi connectivity index (χ0n) is 45.4. The molecule has 0 bridgehead atoms. The number of hydrogen-bond acceptors (Lipinski definition) is 5. The Labute approximate surface area is 419 Å². The second-order valence-electron chi connectivity index (χ2n) is 21.0. The molecular weight excluding hydrogens is 827 g/mol. The van der Waals surface area contributed by atoms with Crippen LogP contribution in [0.1, 0.15) is 341 Å². The van der Waals surface area contributed by atoms with Crippen molar-refractivity contribution in [2.75, 3.05) is 13.2 Å². The molecule has 0 spiro atoms. The van der Waals surface area contributed by atoms with E-state index in [2.05, 4.69) is 31.3 Å². The molecule has 0 saturated carbocycles. The Kier molecular flexibility index (Phi) is 56.0. The van der Waals surface area contributed by atoms with Crippen molar-refractivity contribution in [2.24, 2.45) is 0 Å². The summed E-state index contributed by atoms with van der Waals surface area (Å²) in [5.74, 6) is -0.0861. The van der Waals surface area contributed by atoms with E-state index in [1.54, 1.807) is 0 Å². The predicted octanol–water partition coefficient (Wildman–Crippen LogP) is 18.9. The second-order valence-corrected chi connectivity index (χ2v) is 21.0. The first kappa shape index (κ1) is 65.6. The van der Waals surface area contributed by atoms with E-state index in [-0.39, 0.29) is 18.5 Å². The summed E-state index contributed by atoms with van der Waals surface area (Å²) >= 11 is 0. The van der Waals surface area contributed by atoms with Gasteiger partial charge in [0, 0.05) is 12.8 Å². The van der Waals surface area contributed by atoms with Gasteiger partial charge in [0.25, 0.3) is 0 Å². The molecule has 0 aliphatic carbocycles. The highest BCUT2D eigenvalue weighted by molar-refractivity contribution is 5.76. The molecule has 6 nitrogen and oxygen atoms in total. The number of unbranched alkanes of at least 4 members (excludes halogenated alkanes) is 44. The van der Waals surface area contributed by atoms with E-state index in [0.717, 1.165) is 77.0 Å². The molecule has 6 heteroatoms. The Morgan fingerprint density at radius 3 is 1.06 bits per heavy atom. The second kappa shape index (κ2) is 57.2. The monoisotopic (exact) mass is 946 g/mol. The van der Waals surface area contributed by atoms with E-state index in [4.69, 9.17) is 4.74 Å². The van der Waals surface area contributed by atoms with Gasteiger partial charge in [-0.15, -0.1) is 0 Å².